The Morgan fingerprint density at radius 2 is 2.37 bits per heavy atom. The molecule has 0 amide bonds. The van der Waals surface area contributed by atoms with Gasteiger partial charge in [0.15, 0.2) is 5.82 Å². The summed E-state index contributed by atoms with van der Waals surface area (Å²) < 4.78 is 1.65. The van der Waals surface area contributed by atoms with Crippen molar-refractivity contribution in [3.63, 3.8) is 0 Å². The number of rotatable bonds is 6. The normalized spacial score (nSPS) is 12.3. The van der Waals surface area contributed by atoms with E-state index in [0.717, 1.165) is 5.56 Å². The lowest BCUT2D eigenvalue weighted by Gasteiger charge is -2.09. The average Bonchev–Trinajstić information content (AvgIpc) is 2.77. The van der Waals surface area contributed by atoms with Gasteiger partial charge in [-0.1, -0.05) is 13.0 Å². The fourth-order valence-corrected chi connectivity index (χ4v) is 1.83. The summed E-state index contributed by atoms with van der Waals surface area (Å²) in [6.45, 7) is 2.36. The number of pyridine rings is 1. The number of carbonyl (C=O) groups is 1. The van der Waals surface area contributed by atoms with Crippen molar-refractivity contribution < 1.29 is 9.90 Å². The Hall–Kier alpha value is -2.31. The van der Waals surface area contributed by atoms with Crippen LogP contribution in [0.15, 0.2) is 24.5 Å². The molecular formula is C12H15N5O2. The smallest absolute Gasteiger partial charge is 0.303 e. The Kier molecular flexibility index (Phi) is 4.17. The zero-order chi connectivity index (χ0) is 13.7. The molecule has 0 saturated heterocycles. The Morgan fingerprint density at radius 1 is 1.53 bits per heavy atom. The highest BCUT2D eigenvalue weighted by molar-refractivity contribution is 5.66. The zero-order valence-corrected chi connectivity index (χ0v) is 10.6. The van der Waals surface area contributed by atoms with E-state index in [1.807, 2.05) is 19.1 Å². The molecule has 0 bridgehead atoms. The fraction of sp³-hybridized carbons (Fsp3) is 0.417. The first kappa shape index (κ1) is 13.1. The molecule has 0 spiro atoms. The molecule has 0 aliphatic carbocycles. The van der Waals surface area contributed by atoms with Gasteiger partial charge < -0.3 is 5.11 Å². The average molecular weight is 261 g/mol. The van der Waals surface area contributed by atoms with Crippen LogP contribution in [0.3, 0.4) is 0 Å². The van der Waals surface area contributed by atoms with Crippen molar-refractivity contribution in [2.24, 2.45) is 5.92 Å². The largest absolute Gasteiger partial charge is 0.481 e. The van der Waals surface area contributed by atoms with Crippen molar-refractivity contribution in [3.8, 4) is 0 Å². The molecule has 7 nitrogen and oxygen atoms in total. The van der Waals surface area contributed by atoms with Crippen LogP contribution in [0, 0.1) is 5.92 Å². The molecule has 0 radical (unpaired) electrons. The quantitative estimate of drug-likeness (QED) is 0.825. The van der Waals surface area contributed by atoms with E-state index in [1.165, 1.54) is 0 Å². The minimum atomic E-state index is -0.811. The SMILES string of the molecule is CC(CC(=O)O)Cn1nnnc1Cc1cccnc1. The number of carboxylic acids is 1. The predicted octanol–water partition coefficient (Wildman–Crippen LogP) is 0.770. The number of carboxylic acid groups (broad SMARTS) is 1. The van der Waals surface area contributed by atoms with Crippen molar-refractivity contribution in [1.82, 2.24) is 25.2 Å². The summed E-state index contributed by atoms with van der Waals surface area (Å²) in [5.41, 5.74) is 1.02. The Labute approximate surface area is 110 Å². The minimum absolute atomic E-state index is 0.0198. The second-order valence-electron chi connectivity index (χ2n) is 4.52. The highest BCUT2D eigenvalue weighted by Crippen LogP contribution is 2.09. The molecule has 0 fully saturated rings. The topological polar surface area (TPSA) is 93.8 Å². The van der Waals surface area contributed by atoms with Crippen LogP contribution < -0.4 is 0 Å². The van der Waals surface area contributed by atoms with Gasteiger partial charge in [-0.25, -0.2) is 4.68 Å². The van der Waals surface area contributed by atoms with E-state index in [1.54, 1.807) is 17.1 Å². The Morgan fingerprint density at radius 3 is 3.05 bits per heavy atom. The summed E-state index contributed by atoms with van der Waals surface area (Å²) in [4.78, 5) is 14.7. The van der Waals surface area contributed by atoms with Crippen LogP contribution >= 0.6 is 0 Å². The molecule has 7 heteroatoms. The highest BCUT2D eigenvalue weighted by Gasteiger charge is 2.13. The molecule has 1 unspecified atom stereocenters. The van der Waals surface area contributed by atoms with E-state index in [-0.39, 0.29) is 12.3 Å². The summed E-state index contributed by atoms with van der Waals surface area (Å²) >= 11 is 0. The van der Waals surface area contributed by atoms with Gasteiger partial charge in [-0.3, -0.25) is 9.78 Å². The van der Waals surface area contributed by atoms with Gasteiger partial charge in [0.05, 0.1) is 0 Å². The van der Waals surface area contributed by atoms with E-state index >= 15 is 0 Å². The van der Waals surface area contributed by atoms with Crippen LogP contribution in [-0.4, -0.2) is 36.3 Å². The van der Waals surface area contributed by atoms with E-state index < -0.39 is 5.97 Å². The summed E-state index contributed by atoms with van der Waals surface area (Å²) in [6, 6.07) is 3.81. The Balaban J connectivity index is 2.03. The molecule has 0 aliphatic heterocycles. The molecule has 2 rings (SSSR count). The van der Waals surface area contributed by atoms with E-state index in [4.69, 9.17) is 5.11 Å². The Bertz CT molecular complexity index is 540. The van der Waals surface area contributed by atoms with Crippen molar-refractivity contribution in [2.45, 2.75) is 26.3 Å². The zero-order valence-electron chi connectivity index (χ0n) is 10.6. The summed E-state index contributed by atoms with van der Waals surface area (Å²) in [6.07, 6.45) is 4.16. The number of nitrogens with zero attached hydrogens (tertiary/aromatic N) is 5. The third-order valence-corrected chi connectivity index (χ3v) is 2.70. The number of tetrazole rings is 1. The minimum Gasteiger partial charge on any atom is -0.481 e. The molecule has 0 aromatic carbocycles. The maximum atomic E-state index is 10.6. The number of hydrogen-bond donors (Lipinski definition) is 1. The van der Waals surface area contributed by atoms with Crippen LogP contribution in [0.25, 0.3) is 0 Å². The number of aliphatic carboxylic acids is 1. The molecule has 2 heterocycles. The van der Waals surface area contributed by atoms with Crippen LogP contribution in [0.5, 0.6) is 0 Å². The second kappa shape index (κ2) is 6.03. The number of hydrogen-bond acceptors (Lipinski definition) is 5. The maximum Gasteiger partial charge on any atom is 0.303 e. The molecule has 1 atom stereocenters. The van der Waals surface area contributed by atoms with Gasteiger partial charge in [0.1, 0.15) is 0 Å². The van der Waals surface area contributed by atoms with Crippen molar-refractivity contribution in [2.75, 3.05) is 0 Å². The monoisotopic (exact) mass is 261 g/mol. The van der Waals surface area contributed by atoms with Gasteiger partial charge in [-0.05, 0) is 28.0 Å². The van der Waals surface area contributed by atoms with Gasteiger partial charge in [0.25, 0.3) is 0 Å². The standard InChI is InChI=1S/C12H15N5O2/c1-9(5-12(18)19)8-17-11(14-15-16-17)6-10-3-2-4-13-7-10/h2-4,7,9H,5-6,8H2,1H3,(H,18,19). The summed E-state index contributed by atoms with van der Waals surface area (Å²) in [5, 5.41) is 20.3. The highest BCUT2D eigenvalue weighted by atomic mass is 16.4. The van der Waals surface area contributed by atoms with Crippen LogP contribution in [-0.2, 0) is 17.8 Å². The molecule has 1 N–H and O–H groups in total. The first-order valence-electron chi connectivity index (χ1n) is 6.01. The van der Waals surface area contributed by atoms with Gasteiger partial charge in [0.2, 0.25) is 0 Å². The molecule has 0 saturated carbocycles. The molecule has 0 aliphatic rings. The molecule has 100 valence electrons. The van der Waals surface area contributed by atoms with Gasteiger partial charge in [0, 0.05) is 31.8 Å². The van der Waals surface area contributed by atoms with Crippen molar-refractivity contribution >= 4 is 5.97 Å². The molecule has 2 aromatic rings. The third kappa shape index (κ3) is 3.84. The van der Waals surface area contributed by atoms with E-state index in [9.17, 15) is 4.79 Å². The van der Waals surface area contributed by atoms with Gasteiger partial charge in [-0.2, -0.15) is 0 Å². The van der Waals surface area contributed by atoms with E-state index in [0.29, 0.717) is 18.8 Å². The molecule has 2 aromatic heterocycles. The van der Waals surface area contributed by atoms with Crippen LogP contribution in [0.1, 0.15) is 24.7 Å². The maximum absolute atomic E-state index is 10.6. The van der Waals surface area contributed by atoms with Crippen LogP contribution in [0.4, 0.5) is 0 Å². The lowest BCUT2D eigenvalue weighted by molar-refractivity contribution is -0.138. The first-order valence-corrected chi connectivity index (χ1v) is 6.01. The van der Waals surface area contributed by atoms with Crippen molar-refractivity contribution in [3.05, 3.63) is 35.9 Å². The van der Waals surface area contributed by atoms with E-state index in [2.05, 4.69) is 20.5 Å². The second-order valence-corrected chi connectivity index (χ2v) is 4.52. The lowest BCUT2D eigenvalue weighted by Crippen LogP contribution is -2.15. The predicted molar refractivity (Wildman–Crippen MR) is 66.3 cm³/mol. The summed E-state index contributed by atoms with van der Waals surface area (Å²) in [5.74, 6) is -0.117. The summed E-state index contributed by atoms with van der Waals surface area (Å²) in [7, 11) is 0. The number of aromatic nitrogens is 5. The van der Waals surface area contributed by atoms with Gasteiger partial charge in [-0.15, -0.1) is 5.10 Å². The molecule has 19 heavy (non-hydrogen) atoms. The molecular weight excluding hydrogens is 246 g/mol. The van der Waals surface area contributed by atoms with Crippen LogP contribution in [0.2, 0.25) is 0 Å². The lowest BCUT2D eigenvalue weighted by atomic mass is 10.1. The van der Waals surface area contributed by atoms with Crippen molar-refractivity contribution in [1.29, 1.82) is 0 Å². The first-order chi connectivity index (χ1) is 9.15. The van der Waals surface area contributed by atoms with Gasteiger partial charge >= 0.3 is 5.97 Å². The fourth-order valence-electron chi connectivity index (χ4n) is 1.83. The third-order valence-electron chi connectivity index (χ3n) is 2.70.